The maximum Gasteiger partial charge on any atom is 0.0921 e. The fourth-order valence-electron chi connectivity index (χ4n) is 4.05. The molecule has 1 aliphatic carbocycles. The molecule has 0 amide bonds. The molecule has 1 aliphatic rings. The molecule has 4 rings (SSSR count). The van der Waals surface area contributed by atoms with Gasteiger partial charge >= 0.3 is 0 Å². The van der Waals surface area contributed by atoms with E-state index in [1.807, 2.05) is 54.6 Å². The van der Waals surface area contributed by atoms with E-state index in [0.29, 0.717) is 41.4 Å². The van der Waals surface area contributed by atoms with Crippen LogP contribution in [0.1, 0.15) is 28.4 Å². The number of aliphatic hydroxyl groups excluding tert-OH is 2. The average molecular weight is 505 g/mol. The fourth-order valence-corrected chi connectivity index (χ4v) is 4.57. The molecular formula is C26H24Cl3NO3. The van der Waals surface area contributed by atoms with Crippen molar-refractivity contribution in [3.8, 4) is 11.1 Å². The molecule has 0 radical (unpaired) electrons. The highest BCUT2D eigenvalue weighted by molar-refractivity contribution is 6.32. The minimum atomic E-state index is -0.770. The summed E-state index contributed by atoms with van der Waals surface area (Å²) in [4.78, 5) is 0. The van der Waals surface area contributed by atoms with Crippen LogP contribution in [0.15, 0.2) is 54.6 Å². The molecule has 7 heteroatoms. The third kappa shape index (κ3) is 5.61. The quantitative estimate of drug-likeness (QED) is 0.250. The molecule has 3 N–H and O–H groups in total. The van der Waals surface area contributed by atoms with Crippen LogP contribution in [-0.2, 0) is 4.74 Å². The monoisotopic (exact) mass is 503 g/mol. The van der Waals surface area contributed by atoms with E-state index in [0.717, 1.165) is 39.0 Å². The van der Waals surface area contributed by atoms with E-state index >= 15 is 0 Å². The Balaban J connectivity index is 1.71. The lowest BCUT2D eigenvalue weighted by atomic mass is 9.95. The van der Waals surface area contributed by atoms with Crippen LogP contribution >= 0.6 is 34.8 Å². The van der Waals surface area contributed by atoms with Crippen LogP contribution in [0.4, 0.5) is 0 Å². The van der Waals surface area contributed by atoms with Crippen molar-refractivity contribution < 1.29 is 14.9 Å². The maximum absolute atomic E-state index is 11.0. The lowest BCUT2D eigenvalue weighted by Gasteiger charge is -2.17. The Morgan fingerprint density at radius 1 is 0.848 bits per heavy atom. The van der Waals surface area contributed by atoms with Gasteiger partial charge < -0.3 is 20.3 Å². The molecule has 4 nitrogen and oxygen atoms in total. The summed E-state index contributed by atoms with van der Waals surface area (Å²) in [5.41, 5.74) is 6.66. The molecule has 3 aromatic rings. The van der Waals surface area contributed by atoms with E-state index in [2.05, 4.69) is 11.4 Å². The van der Waals surface area contributed by atoms with E-state index in [-0.39, 0.29) is 6.61 Å². The van der Waals surface area contributed by atoms with E-state index in [4.69, 9.17) is 44.6 Å². The molecular weight excluding hydrogens is 481 g/mol. The van der Waals surface area contributed by atoms with Crippen LogP contribution in [0.3, 0.4) is 0 Å². The van der Waals surface area contributed by atoms with Gasteiger partial charge in [-0.2, -0.15) is 0 Å². The molecule has 172 valence electrons. The summed E-state index contributed by atoms with van der Waals surface area (Å²) in [5, 5.41) is 24.9. The number of halogens is 3. The van der Waals surface area contributed by atoms with Crippen LogP contribution in [0.25, 0.3) is 22.8 Å². The smallest absolute Gasteiger partial charge is 0.0921 e. The topological polar surface area (TPSA) is 61.7 Å². The lowest BCUT2D eigenvalue weighted by Crippen LogP contribution is -2.26. The van der Waals surface area contributed by atoms with Crippen LogP contribution < -0.4 is 5.32 Å². The van der Waals surface area contributed by atoms with E-state index in [1.54, 1.807) is 0 Å². The number of aliphatic hydroxyl groups is 2. The second kappa shape index (κ2) is 11.0. The number of fused-ring (bicyclic) bond motifs is 3. The summed E-state index contributed by atoms with van der Waals surface area (Å²) in [6.45, 7) is 1.65. The Kier molecular flexibility index (Phi) is 8.10. The Hall–Kier alpha value is -1.89. The lowest BCUT2D eigenvalue weighted by molar-refractivity contribution is 0.0910. The second-order valence-electron chi connectivity index (χ2n) is 7.77. The standard InChI is InChI=1S/C26H24Cl3NO3/c27-17-3-1-16(2-4-17)11-21-22-12-18(28)5-6-20(22)26-23(21)13-19(29)14-24(26)25(32)15-30-7-9-33-10-8-31/h1-6,11-14,25,30-32H,7-10,15H2/b21-11-. The Bertz CT molecular complexity index is 1160. The predicted molar refractivity (Wildman–Crippen MR) is 136 cm³/mol. The van der Waals surface area contributed by atoms with Crippen LogP contribution in [0, 0.1) is 0 Å². The molecule has 0 fully saturated rings. The van der Waals surface area contributed by atoms with Crippen molar-refractivity contribution in [3.05, 3.63) is 91.9 Å². The first-order valence-electron chi connectivity index (χ1n) is 10.7. The highest BCUT2D eigenvalue weighted by atomic mass is 35.5. The number of nitrogens with one attached hydrogen (secondary N) is 1. The summed E-state index contributed by atoms with van der Waals surface area (Å²) in [7, 11) is 0. The van der Waals surface area contributed by atoms with Crippen LogP contribution in [0.5, 0.6) is 0 Å². The predicted octanol–water partition coefficient (Wildman–Crippen LogP) is 5.85. The minimum absolute atomic E-state index is 0.00737. The number of rotatable bonds is 9. The number of benzene rings is 3. The largest absolute Gasteiger partial charge is 0.394 e. The Labute approximate surface area is 208 Å². The van der Waals surface area contributed by atoms with Gasteiger partial charge in [0, 0.05) is 28.2 Å². The fraction of sp³-hybridized carbons (Fsp3) is 0.231. The molecule has 0 aromatic heterocycles. The zero-order valence-corrected chi connectivity index (χ0v) is 20.1. The summed E-state index contributed by atoms with van der Waals surface area (Å²) in [6, 6.07) is 17.2. The van der Waals surface area contributed by atoms with Gasteiger partial charge in [0.15, 0.2) is 0 Å². The number of hydrogen-bond acceptors (Lipinski definition) is 4. The maximum atomic E-state index is 11.0. The molecule has 0 spiro atoms. The Morgan fingerprint density at radius 2 is 1.58 bits per heavy atom. The van der Waals surface area contributed by atoms with Crippen molar-refractivity contribution in [2.24, 2.45) is 0 Å². The first-order chi connectivity index (χ1) is 16.0. The summed E-state index contributed by atoms with van der Waals surface area (Å²) in [6.07, 6.45) is 1.31. The van der Waals surface area contributed by atoms with Gasteiger partial charge in [0.1, 0.15) is 0 Å². The summed E-state index contributed by atoms with van der Waals surface area (Å²) < 4.78 is 5.26. The van der Waals surface area contributed by atoms with Gasteiger partial charge in [-0.3, -0.25) is 0 Å². The average Bonchev–Trinajstić information content (AvgIpc) is 3.09. The third-order valence-electron chi connectivity index (χ3n) is 5.50. The van der Waals surface area contributed by atoms with Gasteiger partial charge in [0.05, 0.1) is 25.9 Å². The van der Waals surface area contributed by atoms with Gasteiger partial charge in [-0.1, -0.05) is 53.0 Å². The molecule has 0 bridgehead atoms. The Morgan fingerprint density at radius 3 is 2.33 bits per heavy atom. The van der Waals surface area contributed by atoms with Gasteiger partial charge in [0.25, 0.3) is 0 Å². The SMILES string of the molecule is OCCOCCNCC(O)c1cc(Cl)cc2c1-c1ccc(Cl)cc1/C2=C/c1ccc(Cl)cc1. The highest BCUT2D eigenvalue weighted by Crippen LogP contribution is 2.49. The van der Waals surface area contributed by atoms with Crippen LogP contribution in [0.2, 0.25) is 15.1 Å². The zero-order chi connectivity index (χ0) is 23.4. The molecule has 1 atom stereocenters. The van der Waals surface area contributed by atoms with Gasteiger partial charge in [-0.05, 0) is 81.4 Å². The first-order valence-corrected chi connectivity index (χ1v) is 11.8. The van der Waals surface area contributed by atoms with E-state index in [9.17, 15) is 5.11 Å². The number of ether oxygens (including phenoxy) is 1. The minimum Gasteiger partial charge on any atom is -0.394 e. The first kappa shape index (κ1) is 24.2. The molecule has 0 aliphatic heterocycles. The van der Waals surface area contributed by atoms with Crippen molar-refractivity contribution in [2.75, 3.05) is 32.9 Å². The van der Waals surface area contributed by atoms with Gasteiger partial charge in [0.2, 0.25) is 0 Å². The van der Waals surface area contributed by atoms with Crippen molar-refractivity contribution in [1.29, 1.82) is 0 Å². The van der Waals surface area contributed by atoms with E-state index < -0.39 is 6.10 Å². The second-order valence-corrected chi connectivity index (χ2v) is 9.08. The van der Waals surface area contributed by atoms with Crippen molar-refractivity contribution >= 4 is 46.5 Å². The van der Waals surface area contributed by atoms with Crippen molar-refractivity contribution in [2.45, 2.75) is 6.10 Å². The van der Waals surface area contributed by atoms with Crippen LogP contribution in [-0.4, -0.2) is 43.1 Å². The molecule has 33 heavy (non-hydrogen) atoms. The van der Waals surface area contributed by atoms with Gasteiger partial charge in [-0.15, -0.1) is 0 Å². The molecule has 0 saturated carbocycles. The summed E-state index contributed by atoms with van der Waals surface area (Å²) in [5.74, 6) is 0. The van der Waals surface area contributed by atoms with E-state index in [1.165, 1.54) is 0 Å². The van der Waals surface area contributed by atoms with Gasteiger partial charge in [-0.25, -0.2) is 0 Å². The molecule has 0 heterocycles. The molecule has 1 unspecified atom stereocenters. The molecule has 0 saturated heterocycles. The normalized spacial score (nSPS) is 14.4. The zero-order valence-electron chi connectivity index (χ0n) is 17.8. The summed E-state index contributed by atoms with van der Waals surface area (Å²) >= 11 is 18.9. The van der Waals surface area contributed by atoms with Crippen molar-refractivity contribution in [3.63, 3.8) is 0 Å². The molecule has 3 aromatic carbocycles. The highest BCUT2D eigenvalue weighted by Gasteiger charge is 2.29. The number of hydrogen-bond donors (Lipinski definition) is 3. The van der Waals surface area contributed by atoms with Crippen molar-refractivity contribution in [1.82, 2.24) is 5.32 Å². The third-order valence-corrected chi connectivity index (χ3v) is 6.21.